The van der Waals surface area contributed by atoms with Crippen molar-refractivity contribution in [2.75, 3.05) is 0 Å². The van der Waals surface area contributed by atoms with Gasteiger partial charge in [0.1, 0.15) is 0 Å². The minimum absolute atomic E-state index is 0.397. The molecule has 0 aliphatic carbocycles. The third-order valence-corrected chi connectivity index (χ3v) is 12.7. The molecule has 0 aliphatic rings. The van der Waals surface area contributed by atoms with Crippen LogP contribution in [0.25, 0.3) is 0 Å². The van der Waals surface area contributed by atoms with Gasteiger partial charge in [0.2, 0.25) is 0 Å². The van der Waals surface area contributed by atoms with Gasteiger partial charge in [0.05, 0.1) is 0 Å². The SMILES string of the molecule is CC(=O)C(C(C)=O)C(=O)[O][Sn]([CH2]C(C)C)([O]C(=O)C(C(C)=O)C(C)=O)[O]C(=O)C(C(C)=O)C(C)=O. The molecule has 0 saturated heterocycles. The van der Waals surface area contributed by atoms with E-state index in [1.807, 2.05) is 0 Å². The average Bonchev–Trinajstić information content (AvgIpc) is 2.57. The summed E-state index contributed by atoms with van der Waals surface area (Å²) in [6.45, 7) is 8.76. The Hall–Kier alpha value is -2.77. The van der Waals surface area contributed by atoms with Crippen LogP contribution in [0.2, 0.25) is 4.44 Å². The molecular formula is C22H30O12Sn. The van der Waals surface area contributed by atoms with Gasteiger partial charge in [-0.05, 0) is 0 Å². The normalized spacial score (nSPS) is 11.3. The van der Waals surface area contributed by atoms with Gasteiger partial charge < -0.3 is 0 Å². The summed E-state index contributed by atoms with van der Waals surface area (Å²) < 4.78 is 15.5. The van der Waals surface area contributed by atoms with Gasteiger partial charge in [-0.1, -0.05) is 0 Å². The Bertz CT molecular complexity index is 794. The van der Waals surface area contributed by atoms with Crippen molar-refractivity contribution in [2.45, 2.75) is 59.8 Å². The minimum atomic E-state index is -5.97. The second-order valence-corrected chi connectivity index (χ2v) is 15.3. The second-order valence-electron chi connectivity index (χ2n) is 8.51. The molecule has 0 bridgehead atoms. The van der Waals surface area contributed by atoms with Crippen molar-refractivity contribution in [1.29, 1.82) is 0 Å². The zero-order valence-electron chi connectivity index (χ0n) is 20.9. The molecule has 0 aromatic carbocycles. The zero-order chi connectivity index (χ0) is 27.8. The number of Topliss-reactive ketones (excluding diaryl/α,β-unsaturated/α-hetero) is 6. The maximum atomic E-state index is 12.8. The van der Waals surface area contributed by atoms with Crippen molar-refractivity contribution in [2.24, 2.45) is 23.7 Å². The van der Waals surface area contributed by atoms with Gasteiger partial charge in [0.25, 0.3) is 0 Å². The number of ketones is 6. The molecule has 0 aromatic rings. The molecule has 0 aromatic heterocycles. The van der Waals surface area contributed by atoms with E-state index in [4.69, 9.17) is 9.22 Å². The molecule has 0 fully saturated rings. The van der Waals surface area contributed by atoms with Crippen LogP contribution in [0.5, 0.6) is 0 Å². The van der Waals surface area contributed by atoms with E-state index in [1.165, 1.54) is 0 Å². The van der Waals surface area contributed by atoms with Crippen molar-refractivity contribution in [1.82, 2.24) is 0 Å². The summed E-state index contributed by atoms with van der Waals surface area (Å²) in [5, 5.41) is 0. The molecule has 0 spiro atoms. The Morgan fingerprint density at radius 2 is 0.686 bits per heavy atom. The Balaban J connectivity index is 6.78. The van der Waals surface area contributed by atoms with E-state index in [0.29, 0.717) is 0 Å². The first-order valence-corrected chi connectivity index (χ1v) is 16.1. The third-order valence-electron chi connectivity index (χ3n) is 4.57. The summed E-state index contributed by atoms with van der Waals surface area (Å²) in [6.07, 6.45) is 0. The van der Waals surface area contributed by atoms with Crippen LogP contribution in [-0.2, 0) is 52.4 Å². The second kappa shape index (κ2) is 13.4. The van der Waals surface area contributed by atoms with Crippen LogP contribution in [0.4, 0.5) is 0 Å². The van der Waals surface area contributed by atoms with Crippen LogP contribution in [0, 0.1) is 23.7 Å². The van der Waals surface area contributed by atoms with E-state index in [1.54, 1.807) is 13.8 Å². The van der Waals surface area contributed by atoms with Crippen molar-refractivity contribution in [3.63, 3.8) is 0 Å². The fourth-order valence-electron chi connectivity index (χ4n) is 3.18. The summed E-state index contributed by atoms with van der Waals surface area (Å²) in [5.74, 6) is -16.1. The van der Waals surface area contributed by atoms with Gasteiger partial charge in [0, 0.05) is 0 Å². The summed E-state index contributed by atoms with van der Waals surface area (Å²) in [4.78, 5) is 110. The van der Waals surface area contributed by atoms with Crippen molar-refractivity contribution in [3.8, 4) is 0 Å². The van der Waals surface area contributed by atoms with Gasteiger partial charge in [-0.2, -0.15) is 0 Å². The molecule has 0 unspecified atom stereocenters. The van der Waals surface area contributed by atoms with Crippen LogP contribution < -0.4 is 0 Å². The third kappa shape index (κ3) is 9.42. The molecule has 0 amide bonds. The first-order chi connectivity index (χ1) is 15.9. The molecule has 0 N–H and O–H groups in total. The Morgan fingerprint density at radius 1 is 0.486 bits per heavy atom. The van der Waals surface area contributed by atoms with Gasteiger partial charge in [-0.15, -0.1) is 0 Å². The van der Waals surface area contributed by atoms with Crippen molar-refractivity contribution < 1.29 is 52.4 Å². The quantitative estimate of drug-likeness (QED) is 0.199. The van der Waals surface area contributed by atoms with Crippen molar-refractivity contribution >= 4 is 72.2 Å². The van der Waals surface area contributed by atoms with Crippen LogP contribution in [0.1, 0.15) is 55.4 Å². The van der Waals surface area contributed by atoms with Crippen molar-refractivity contribution in [3.05, 3.63) is 0 Å². The molecule has 0 saturated carbocycles. The zero-order valence-corrected chi connectivity index (χ0v) is 23.8. The predicted octanol–water partition coefficient (Wildman–Crippen LogP) is 0.594. The number of hydrogen-bond donors (Lipinski definition) is 0. The molecular weight excluding hydrogens is 575 g/mol. The summed E-state index contributed by atoms with van der Waals surface area (Å²) in [5.41, 5.74) is 0. The summed E-state index contributed by atoms with van der Waals surface area (Å²) in [7, 11) is 0. The van der Waals surface area contributed by atoms with E-state index < -0.39 is 100 Å². The predicted molar refractivity (Wildman–Crippen MR) is 118 cm³/mol. The number of carbonyl (C=O) groups is 9. The van der Waals surface area contributed by atoms with E-state index in [-0.39, 0.29) is 0 Å². The van der Waals surface area contributed by atoms with Crippen LogP contribution in [0.15, 0.2) is 0 Å². The molecule has 194 valence electrons. The number of hydrogen-bond acceptors (Lipinski definition) is 12. The number of carbonyl (C=O) groups excluding carboxylic acids is 9. The van der Waals surface area contributed by atoms with E-state index in [9.17, 15) is 43.2 Å². The number of rotatable bonds is 14. The van der Waals surface area contributed by atoms with E-state index in [2.05, 4.69) is 0 Å². The Morgan fingerprint density at radius 3 is 0.829 bits per heavy atom. The molecule has 0 atom stereocenters. The summed E-state index contributed by atoms with van der Waals surface area (Å²) in [6, 6.07) is 0. The molecule has 12 nitrogen and oxygen atoms in total. The first kappa shape index (κ1) is 32.2. The fourth-order valence-corrected chi connectivity index (χ4v) is 10.7. The Labute approximate surface area is 207 Å². The molecule has 0 rings (SSSR count). The van der Waals surface area contributed by atoms with Gasteiger partial charge in [-0.25, -0.2) is 0 Å². The molecule has 0 heterocycles. The topological polar surface area (TPSA) is 181 Å². The maximum absolute atomic E-state index is 12.8. The molecule has 13 heteroatoms. The van der Waals surface area contributed by atoms with Crippen LogP contribution >= 0.6 is 0 Å². The first-order valence-electron chi connectivity index (χ1n) is 10.6. The monoisotopic (exact) mass is 606 g/mol. The molecule has 35 heavy (non-hydrogen) atoms. The standard InChI is InChI=1S/3C6H8O4.C4H9.Sn/c3*1-3(7)5(4(2)8)6(9)10;1-4(2)3;/h3*5H,1-2H3,(H,9,10);4H,1H2,2-3H3;/q;;;;+3/p-3. The Kier molecular flexibility index (Phi) is 12.3. The van der Waals surface area contributed by atoms with Gasteiger partial charge in [0.15, 0.2) is 0 Å². The fraction of sp³-hybridized carbons (Fsp3) is 0.591. The van der Waals surface area contributed by atoms with E-state index in [0.717, 1.165) is 41.5 Å². The van der Waals surface area contributed by atoms with Crippen LogP contribution in [-0.4, -0.2) is 72.2 Å². The average molecular weight is 605 g/mol. The van der Waals surface area contributed by atoms with Gasteiger partial charge in [-0.3, -0.25) is 0 Å². The molecule has 0 aliphatic heterocycles. The molecule has 0 radical (unpaired) electrons. The van der Waals surface area contributed by atoms with Crippen LogP contribution in [0.3, 0.4) is 0 Å². The summed E-state index contributed by atoms with van der Waals surface area (Å²) >= 11 is -5.97. The van der Waals surface area contributed by atoms with E-state index >= 15 is 0 Å². The van der Waals surface area contributed by atoms with Gasteiger partial charge >= 0.3 is 208 Å².